The third-order valence-electron chi connectivity index (χ3n) is 3.42. The summed E-state index contributed by atoms with van der Waals surface area (Å²) in [5.74, 6) is 0.243. The van der Waals surface area contributed by atoms with Gasteiger partial charge in [-0.25, -0.2) is 9.07 Å². The molecule has 0 unspecified atom stereocenters. The Morgan fingerprint density at radius 1 is 1.28 bits per heavy atom. The van der Waals surface area contributed by atoms with Gasteiger partial charge in [0.05, 0.1) is 11.7 Å². The van der Waals surface area contributed by atoms with Crippen molar-refractivity contribution in [1.29, 1.82) is 0 Å². The van der Waals surface area contributed by atoms with E-state index >= 15 is 0 Å². The molecule has 0 spiro atoms. The van der Waals surface area contributed by atoms with Crippen LogP contribution in [-0.4, -0.2) is 20.2 Å². The highest BCUT2D eigenvalue weighted by Gasteiger charge is 2.22. The van der Waals surface area contributed by atoms with E-state index in [0.29, 0.717) is 11.9 Å². The average molecular weight is 247 g/mol. The van der Waals surface area contributed by atoms with Gasteiger partial charge in [0.1, 0.15) is 5.82 Å². The number of anilines is 1. The highest BCUT2D eigenvalue weighted by molar-refractivity contribution is 5.61. The zero-order valence-electron chi connectivity index (χ0n) is 9.88. The largest absolute Gasteiger partial charge is 0.396 e. The standard InChI is InChI=1S/C12H14FN5/c13-10-6-5-8(7-11(10)14)12-15-16-17-18(12)9-3-1-2-4-9/h5-7,9H,1-4,14H2. The topological polar surface area (TPSA) is 69.6 Å². The van der Waals surface area contributed by atoms with E-state index in [9.17, 15) is 4.39 Å². The molecule has 0 saturated heterocycles. The number of rotatable bonds is 2. The summed E-state index contributed by atoms with van der Waals surface area (Å²) in [5.41, 5.74) is 6.45. The molecule has 1 aromatic carbocycles. The van der Waals surface area contributed by atoms with Crippen LogP contribution in [-0.2, 0) is 0 Å². The number of halogens is 1. The van der Waals surface area contributed by atoms with Crippen molar-refractivity contribution in [3.05, 3.63) is 24.0 Å². The Kier molecular flexibility index (Phi) is 2.70. The lowest BCUT2D eigenvalue weighted by Crippen LogP contribution is -2.09. The van der Waals surface area contributed by atoms with Gasteiger partial charge in [-0.15, -0.1) is 5.10 Å². The van der Waals surface area contributed by atoms with E-state index in [0.717, 1.165) is 18.4 Å². The second-order valence-corrected chi connectivity index (χ2v) is 4.62. The molecule has 5 nitrogen and oxygen atoms in total. The maximum absolute atomic E-state index is 13.2. The Hall–Kier alpha value is -1.98. The number of benzene rings is 1. The number of aromatic nitrogens is 4. The summed E-state index contributed by atoms with van der Waals surface area (Å²) in [6.07, 6.45) is 4.59. The third kappa shape index (κ3) is 1.83. The second-order valence-electron chi connectivity index (χ2n) is 4.62. The van der Waals surface area contributed by atoms with Crippen LogP contribution in [0.4, 0.5) is 10.1 Å². The maximum atomic E-state index is 13.2. The van der Waals surface area contributed by atoms with Crippen molar-refractivity contribution in [2.24, 2.45) is 0 Å². The normalized spacial score (nSPS) is 16.3. The summed E-state index contributed by atoms with van der Waals surface area (Å²) in [6.45, 7) is 0. The van der Waals surface area contributed by atoms with Crippen LogP contribution >= 0.6 is 0 Å². The van der Waals surface area contributed by atoms with E-state index in [2.05, 4.69) is 15.5 Å². The van der Waals surface area contributed by atoms with Crippen LogP contribution in [0.3, 0.4) is 0 Å². The van der Waals surface area contributed by atoms with Crippen LogP contribution in [0.5, 0.6) is 0 Å². The predicted octanol–water partition coefficient (Wildman–Crippen LogP) is 2.18. The number of nitrogen functional groups attached to an aromatic ring is 1. The summed E-state index contributed by atoms with van der Waals surface area (Å²) in [6, 6.07) is 4.93. The first-order valence-electron chi connectivity index (χ1n) is 6.09. The minimum Gasteiger partial charge on any atom is -0.396 e. The van der Waals surface area contributed by atoms with Crippen LogP contribution in [0.25, 0.3) is 11.4 Å². The van der Waals surface area contributed by atoms with Crippen molar-refractivity contribution in [3.63, 3.8) is 0 Å². The molecule has 0 radical (unpaired) electrons. The highest BCUT2D eigenvalue weighted by Crippen LogP contribution is 2.32. The van der Waals surface area contributed by atoms with Gasteiger partial charge in [-0.05, 0) is 41.5 Å². The Bertz CT molecular complexity index is 559. The van der Waals surface area contributed by atoms with Crippen molar-refractivity contribution in [2.45, 2.75) is 31.7 Å². The number of hydrogen-bond donors (Lipinski definition) is 1. The summed E-state index contributed by atoms with van der Waals surface area (Å²) in [4.78, 5) is 0. The van der Waals surface area contributed by atoms with Gasteiger partial charge in [-0.1, -0.05) is 12.8 Å². The van der Waals surface area contributed by atoms with Crippen molar-refractivity contribution < 1.29 is 4.39 Å². The number of nitrogens with zero attached hydrogens (tertiary/aromatic N) is 4. The quantitative estimate of drug-likeness (QED) is 0.826. The third-order valence-corrected chi connectivity index (χ3v) is 3.42. The van der Waals surface area contributed by atoms with Crippen molar-refractivity contribution in [1.82, 2.24) is 20.2 Å². The Labute approximate surface area is 104 Å². The van der Waals surface area contributed by atoms with Gasteiger partial charge < -0.3 is 5.73 Å². The van der Waals surface area contributed by atoms with Crippen molar-refractivity contribution in [3.8, 4) is 11.4 Å². The van der Waals surface area contributed by atoms with Gasteiger partial charge in [-0.3, -0.25) is 0 Å². The molecule has 0 atom stereocenters. The van der Waals surface area contributed by atoms with Gasteiger partial charge in [0.2, 0.25) is 0 Å². The van der Waals surface area contributed by atoms with E-state index in [1.165, 1.54) is 18.9 Å². The molecule has 94 valence electrons. The zero-order chi connectivity index (χ0) is 12.5. The summed E-state index contributed by atoms with van der Waals surface area (Å²) in [7, 11) is 0. The fourth-order valence-electron chi connectivity index (χ4n) is 2.46. The molecule has 2 aromatic rings. The van der Waals surface area contributed by atoms with Crippen LogP contribution < -0.4 is 5.73 Å². The van der Waals surface area contributed by atoms with E-state index in [1.54, 1.807) is 12.1 Å². The zero-order valence-corrected chi connectivity index (χ0v) is 9.88. The SMILES string of the molecule is Nc1cc(-c2nnnn2C2CCCC2)ccc1F. The van der Waals surface area contributed by atoms with E-state index in [1.807, 2.05) is 4.68 Å². The molecule has 1 aliphatic carbocycles. The van der Waals surface area contributed by atoms with Crippen LogP contribution in [0, 0.1) is 5.82 Å². The van der Waals surface area contributed by atoms with Crippen molar-refractivity contribution >= 4 is 5.69 Å². The lowest BCUT2D eigenvalue weighted by Gasteiger charge is -2.11. The first-order valence-corrected chi connectivity index (χ1v) is 6.09. The minimum atomic E-state index is -0.418. The summed E-state index contributed by atoms with van der Waals surface area (Å²) < 4.78 is 15.0. The van der Waals surface area contributed by atoms with Crippen LogP contribution in [0.2, 0.25) is 0 Å². The number of nitrogens with two attached hydrogens (primary N) is 1. The van der Waals surface area contributed by atoms with Gasteiger partial charge >= 0.3 is 0 Å². The van der Waals surface area contributed by atoms with E-state index < -0.39 is 5.82 Å². The fraction of sp³-hybridized carbons (Fsp3) is 0.417. The van der Waals surface area contributed by atoms with Gasteiger partial charge in [-0.2, -0.15) is 0 Å². The molecule has 0 bridgehead atoms. The molecular formula is C12H14FN5. The number of hydrogen-bond acceptors (Lipinski definition) is 4. The van der Waals surface area contributed by atoms with Gasteiger partial charge in [0.25, 0.3) is 0 Å². The number of tetrazole rings is 1. The van der Waals surface area contributed by atoms with Crippen molar-refractivity contribution in [2.75, 3.05) is 5.73 Å². The highest BCUT2D eigenvalue weighted by atomic mass is 19.1. The summed E-state index contributed by atoms with van der Waals surface area (Å²) in [5, 5.41) is 11.8. The molecule has 1 aliphatic rings. The molecular weight excluding hydrogens is 233 g/mol. The molecule has 0 amide bonds. The molecule has 1 heterocycles. The smallest absolute Gasteiger partial charge is 0.182 e. The first kappa shape index (κ1) is 11.1. The fourth-order valence-corrected chi connectivity index (χ4v) is 2.46. The molecule has 18 heavy (non-hydrogen) atoms. The molecule has 1 fully saturated rings. The minimum absolute atomic E-state index is 0.119. The maximum Gasteiger partial charge on any atom is 0.182 e. The molecule has 3 rings (SSSR count). The Morgan fingerprint density at radius 3 is 2.78 bits per heavy atom. The molecule has 2 N–H and O–H groups in total. The van der Waals surface area contributed by atoms with E-state index in [4.69, 9.17) is 5.73 Å². The average Bonchev–Trinajstić information content (AvgIpc) is 3.00. The lowest BCUT2D eigenvalue weighted by molar-refractivity contribution is 0.458. The Balaban J connectivity index is 2.00. The second kappa shape index (κ2) is 4.36. The molecule has 6 heteroatoms. The van der Waals surface area contributed by atoms with Gasteiger partial charge in [0.15, 0.2) is 5.82 Å². The van der Waals surface area contributed by atoms with Gasteiger partial charge in [0, 0.05) is 5.56 Å². The van der Waals surface area contributed by atoms with Crippen LogP contribution in [0.1, 0.15) is 31.7 Å². The lowest BCUT2D eigenvalue weighted by atomic mass is 10.1. The molecule has 0 aliphatic heterocycles. The molecule has 1 aromatic heterocycles. The van der Waals surface area contributed by atoms with Crippen LogP contribution in [0.15, 0.2) is 18.2 Å². The predicted molar refractivity (Wildman–Crippen MR) is 65.1 cm³/mol. The first-order chi connectivity index (χ1) is 8.75. The van der Waals surface area contributed by atoms with E-state index in [-0.39, 0.29) is 5.69 Å². The summed E-state index contributed by atoms with van der Waals surface area (Å²) >= 11 is 0. The Morgan fingerprint density at radius 2 is 2.06 bits per heavy atom. The monoisotopic (exact) mass is 247 g/mol. The molecule has 1 saturated carbocycles.